The van der Waals surface area contributed by atoms with E-state index in [1.54, 1.807) is 0 Å². The van der Waals surface area contributed by atoms with Gasteiger partial charge in [0.25, 0.3) is 5.79 Å². The van der Waals surface area contributed by atoms with Gasteiger partial charge in [-0.05, 0) is 55.3 Å². The fourth-order valence-corrected chi connectivity index (χ4v) is 6.39. The Hall–Kier alpha value is -3.63. The number of carbonyl (C=O) groups excluding carboxylic acids is 2. The van der Waals surface area contributed by atoms with Crippen LogP contribution in [0, 0.1) is 12.7 Å². The summed E-state index contributed by atoms with van der Waals surface area (Å²) in [6.07, 6.45) is -10.6. The van der Waals surface area contributed by atoms with Crippen molar-refractivity contribution in [1.29, 1.82) is 0 Å². The molecule has 0 saturated carbocycles. The van der Waals surface area contributed by atoms with Crippen LogP contribution in [0.15, 0.2) is 36.4 Å². The van der Waals surface area contributed by atoms with E-state index < -0.39 is 106 Å². The number of hydrogen-bond donors (Lipinski definition) is 7. The molecule has 7 N–H and O–H groups in total. The third-order valence-corrected chi connectivity index (χ3v) is 9.26. The van der Waals surface area contributed by atoms with Crippen molar-refractivity contribution in [3.05, 3.63) is 70.0 Å². The van der Waals surface area contributed by atoms with E-state index in [-0.39, 0.29) is 41.8 Å². The number of likely N-dealkylation sites (tertiary alicyclic amines) is 1. The van der Waals surface area contributed by atoms with Crippen molar-refractivity contribution in [3.8, 4) is 0 Å². The maximum absolute atomic E-state index is 14.2. The first-order valence-electron chi connectivity index (χ1n) is 14.8. The summed E-state index contributed by atoms with van der Waals surface area (Å²) >= 11 is 0. The fourth-order valence-electron chi connectivity index (χ4n) is 6.39. The minimum Gasteiger partial charge on any atom is -0.362 e. The molecule has 0 radical (unpaired) electrons. The van der Waals surface area contributed by atoms with Gasteiger partial charge in [-0.2, -0.15) is 26.3 Å². The number of nitrogens with zero attached hydrogens (tertiary/aromatic N) is 4. The van der Waals surface area contributed by atoms with E-state index >= 15 is 0 Å². The highest BCUT2D eigenvalue weighted by Crippen LogP contribution is 2.53. The lowest BCUT2D eigenvalue weighted by molar-refractivity contribution is -0.525. The monoisotopic (exact) mass is 728 g/mol. The number of hydrogen-bond acceptors (Lipinski definition) is 10. The molecule has 0 aromatic heterocycles. The zero-order valence-electron chi connectivity index (χ0n) is 26.8. The molecule has 2 aliphatic rings. The molecule has 3 atom stereocenters. The highest BCUT2D eigenvalue weighted by atomic mass is 19.4. The van der Waals surface area contributed by atoms with Gasteiger partial charge < -0.3 is 45.5 Å². The molecule has 4 rings (SSSR count). The molecule has 2 fully saturated rings. The number of aliphatic hydroxyl groups is 7. The number of halogens is 7. The van der Waals surface area contributed by atoms with E-state index in [1.165, 1.54) is 11.8 Å². The van der Waals surface area contributed by atoms with Crippen molar-refractivity contribution in [1.82, 2.24) is 19.6 Å². The fraction of sp³-hybridized carbons (Fsp3) is 0.533. The summed E-state index contributed by atoms with van der Waals surface area (Å²) in [6.45, 7) is 2.07. The lowest BCUT2D eigenvalue weighted by Crippen LogP contribution is -2.91. The predicted molar refractivity (Wildman–Crippen MR) is 154 cm³/mol. The van der Waals surface area contributed by atoms with Gasteiger partial charge in [0.1, 0.15) is 11.9 Å². The van der Waals surface area contributed by atoms with E-state index in [0.29, 0.717) is 19.2 Å². The predicted octanol–water partition coefficient (Wildman–Crippen LogP) is 0.978. The molecule has 2 saturated heterocycles. The first-order chi connectivity index (χ1) is 22.6. The Kier molecular flexibility index (Phi) is 9.83. The second kappa shape index (κ2) is 12.5. The minimum atomic E-state index is -5.30. The molecule has 20 heteroatoms. The Balaban J connectivity index is 1.92. The molecular formula is C30H35F7N4O9. The van der Waals surface area contributed by atoms with Gasteiger partial charge >= 0.3 is 24.3 Å². The largest absolute Gasteiger partial charge is 0.416 e. The highest BCUT2D eigenvalue weighted by Gasteiger charge is 2.80. The zero-order chi connectivity index (χ0) is 38.2. The number of aryl methyl sites for hydroxylation is 1. The maximum atomic E-state index is 14.2. The number of rotatable bonds is 4. The summed E-state index contributed by atoms with van der Waals surface area (Å²) in [5, 5.41) is 81.4. The Morgan fingerprint density at radius 2 is 1.34 bits per heavy atom. The SMILES string of the molecule is CC(=O)N1CCN(C2C(O)(O)C(O)(O)N(C(=O)N(C)C(C)c3cc(C(F)(F)F)cc(C(F)(F)F)c3)C(O)(c3ccc(F)cc3C)C2(O)O)CC1. The van der Waals surface area contributed by atoms with Crippen LogP contribution >= 0.6 is 0 Å². The molecule has 0 spiro atoms. The van der Waals surface area contributed by atoms with Crippen molar-refractivity contribution in [3.63, 3.8) is 0 Å². The molecule has 50 heavy (non-hydrogen) atoms. The molecule has 0 aliphatic carbocycles. The average Bonchev–Trinajstić information content (AvgIpc) is 2.98. The standard InChI is InChI=1S/C30H35F7N4O9/c1-15-11-21(31)5-6-22(15)25(44)26(45,46)23(40-9-7-39(8-10-40)17(3)42)27(47,48)30(49,50)41(25)24(43)38(4)16(2)18-12-19(28(32,33)34)14-20(13-18)29(35,36)37/h5-6,11-14,16,23,44-50H,7-10H2,1-4H3. The van der Waals surface area contributed by atoms with Crippen LogP contribution in [0.2, 0.25) is 0 Å². The Bertz CT molecular complexity index is 1610. The van der Waals surface area contributed by atoms with Gasteiger partial charge in [0.05, 0.1) is 17.2 Å². The molecule has 2 aromatic rings. The van der Waals surface area contributed by atoms with E-state index in [1.807, 2.05) is 0 Å². The third kappa shape index (κ3) is 6.27. The molecule has 2 heterocycles. The number of carbonyl (C=O) groups is 2. The van der Waals surface area contributed by atoms with Crippen LogP contribution in [0.5, 0.6) is 0 Å². The minimum absolute atomic E-state index is 0.171. The maximum Gasteiger partial charge on any atom is 0.416 e. The summed E-state index contributed by atoms with van der Waals surface area (Å²) in [4.78, 5) is 27.8. The number of alkyl halides is 6. The molecular weight excluding hydrogens is 693 g/mol. The number of piperazine rings is 1. The number of urea groups is 1. The van der Waals surface area contributed by atoms with Crippen LogP contribution in [0.4, 0.5) is 35.5 Å². The zero-order valence-corrected chi connectivity index (χ0v) is 26.8. The third-order valence-electron chi connectivity index (χ3n) is 9.26. The molecule has 3 amide bonds. The second-order valence-corrected chi connectivity index (χ2v) is 12.4. The van der Waals surface area contributed by atoms with Gasteiger partial charge in [0.15, 0.2) is 0 Å². The van der Waals surface area contributed by atoms with Crippen molar-refractivity contribution in [2.75, 3.05) is 33.2 Å². The van der Waals surface area contributed by atoms with Crippen LogP contribution < -0.4 is 0 Å². The lowest BCUT2D eigenvalue weighted by Gasteiger charge is -2.64. The van der Waals surface area contributed by atoms with Gasteiger partial charge in [-0.1, -0.05) is 6.07 Å². The van der Waals surface area contributed by atoms with E-state index in [9.17, 15) is 76.1 Å². The summed E-state index contributed by atoms with van der Waals surface area (Å²) in [5.74, 6) is -14.1. The molecule has 2 aromatic carbocycles. The molecule has 2 aliphatic heterocycles. The first-order valence-corrected chi connectivity index (χ1v) is 14.8. The second-order valence-electron chi connectivity index (χ2n) is 12.4. The summed E-state index contributed by atoms with van der Waals surface area (Å²) in [6, 6.07) is -4.18. The lowest BCUT2D eigenvalue weighted by atomic mass is 9.74. The van der Waals surface area contributed by atoms with E-state index in [2.05, 4.69) is 0 Å². The van der Waals surface area contributed by atoms with Gasteiger partial charge in [0, 0.05) is 45.7 Å². The smallest absolute Gasteiger partial charge is 0.362 e. The van der Waals surface area contributed by atoms with Crippen LogP contribution in [0.1, 0.15) is 47.7 Å². The van der Waals surface area contributed by atoms with Crippen LogP contribution in [0.25, 0.3) is 0 Å². The summed E-state index contributed by atoms with van der Waals surface area (Å²) in [7, 11) is 0.717. The molecule has 0 bridgehead atoms. The van der Waals surface area contributed by atoms with Crippen LogP contribution in [-0.2, 0) is 22.9 Å². The van der Waals surface area contributed by atoms with Crippen molar-refractivity contribution >= 4 is 11.9 Å². The highest BCUT2D eigenvalue weighted by molar-refractivity contribution is 5.77. The molecule has 3 unspecified atom stereocenters. The Labute approximate surface area is 279 Å². The topological polar surface area (TPSA) is 189 Å². The van der Waals surface area contributed by atoms with Gasteiger partial charge in [-0.25, -0.2) is 14.1 Å². The van der Waals surface area contributed by atoms with Gasteiger partial charge in [0.2, 0.25) is 17.4 Å². The number of benzene rings is 2. The number of amides is 3. The first kappa shape index (κ1) is 39.2. The molecule has 13 nitrogen and oxygen atoms in total. The van der Waals surface area contributed by atoms with E-state index in [0.717, 1.165) is 24.8 Å². The van der Waals surface area contributed by atoms with Crippen molar-refractivity contribution in [2.24, 2.45) is 0 Å². The Morgan fingerprint density at radius 3 is 1.78 bits per heavy atom. The summed E-state index contributed by atoms with van der Waals surface area (Å²) in [5.41, 5.74) is -9.46. The Morgan fingerprint density at radius 1 is 0.840 bits per heavy atom. The average molecular weight is 729 g/mol. The van der Waals surface area contributed by atoms with Crippen molar-refractivity contribution < 1.29 is 76.1 Å². The molecule has 278 valence electrons. The van der Waals surface area contributed by atoms with E-state index in [4.69, 9.17) is 0 Å². The normalized spacial score (nSPS) is 24.6. The van der Waals surface area contributed by atoms with Crippen LogP contribution in [0.3, 0.4) is 0 Å². The van der Waals surface area contributed by atoms with Gasteiger partial charge in [-0.3, -0.25) is 9.69 Å². The van der Waals surface area contributed by atoms with Gasteiger partial charge in [-0.15, -0.1) is 0 Å². The number of piperidine rings is 1. The quantitative estimate of drug-likeness (QED) is 0.177. The van der Waals surface area contributed by atoms with Crippen molar-refractivity contribution in [2.45, 2.75) is 68.4 Å². The summed E-state index contributed by atoms with van der Waals surface area (Å²) < 4.78 is 95.9. The van der Waals surface area contributed by atoms with Crippen LogP contribution in [-0.4, -0.2) is 124 Å².